The number of aliphatic hydroxyl groups excluding tert-OH is 1. The van der Waals surface area contributed by atoms with Crippen LogP contribution in [0.15, 0.2) is 0 Å². The highest BCUT2D eigenvalue weighted by Crippen LogP contribution is 2.10. The van der Waals surface area contributed by atoms with Crippen LogP contribution in [0, 0.1) is 0 Å². The zero-order valence-corrected chi connectivity index (χ0v) is 9.03. The maximum Gasteiger partial charge on any atom is 0.0690 e. The van der Waals surface area contributed by atoms with E-state index in [-0.39, 0.29) is 6.10 Å². The molecule has 1 saturated heterocycles. The van der Waals surface area contributed by atoms with Gasteiger partial charge in [0.2, 0.25) is 0 Å². The van der Waals surface area contributed by atoms with E-state index in [1.165, 1.54) is 0 Å². The summed E-state index contributed by atoms with van der Waals surface area (Å²) in [6, 6.07) is 0.318. The molecule has 2 atom stereocenters. The maximum atomic E-state index is 9.69. The molecule has 0 radical (unpaired) electrons. The third-order valence-electron chi connectivity index (χ3n) is 3.09. The smallest absolute Gasteiger partial charge is 0.0690 e. The van der Waals surface area contributed by atoms with Gasteiger partial charge in [-0.1, -0.05) is 6.92 Å². The van der Waals surface area contributed by atoms with Crippen LogP contribution in [0.1, 0.15) is 20.3 Å². The van der Waals surface area contributed by atoms with Gasteiger partial charge in [0, 0.05) is 32.2 Å². The van der Waals surface area contributed by atoms with Crippen LogP contribution in [-0.4, -0.2) is 60.3 Å². The van der Waals surface area contributed by atoms with Crippen LogP contribution >= 0.6 is 0 Å². The lowest BCUT2D eigenvalue weighted by atomic mass is 10.1. The number of rotatable bonds is 3. The molecule has 1 N–H and O–H groups in total. The van der Waals surface area contributed by atoms with Crippen LogP contribution in [0.25, 0.3) is 0 Å². The molecule has 13 heavy (non-hydrogen) atoms. The van der Waals surface area contributed by atoms with Crippen LogP contribution in [0.5, 0.6) is 0 Å². The maximum absolute atomic E-state index is 9.69. The Morgan fingerprint density at radius 1 is 1.23 bits per heavy atom. The van der Waals surface area contributed by atoms with E-state index in [0.29, 0.717) is 6.04 Å². The summed E-state index contributed by atoms with van der Waals surface area (Å²) in [6.07, 6.45) is 0.691. The minimum Gasteiger partial charge on any atom is -0.392 e. The molecule has 3 nitrogen and oxygen atoms in total. The van der Waals surface area contributed by atoms with E-state index in [1.54, 1.807) is 0 Å². The van der Waals surface area contributed by atoms with Crippen LogP contribution in [0.3, 0.4) is 0 Å². The summed E-state index contributed by atoms with van der Waals surface area (Å²) in [7, 11) is 2.15. The first-order valence-electron chi connectivity index (χ1n) is 5.25. The molecule has 3 heteroatoms. The standard InChI is InChI=1S/C10H22N2O/c1-4-10(13)9(2)12-7-5-11(3)6-8-12/h9-10,13H,4-8H2,1-3H3. The Kier molecular flexibility index (Phi) is 4.16. The zero-order valence-electron chi connectivity index (χ0n) is 9.03. The minimum absolute atomic E-state index is 0.164. The first-order chi connectivity index (χ1) is 6.15. The lowest BCUT2D eigenvalue weighted by Gasteiger charge is -2.38. The Morgan fingerprint density at radius 3 is 2.23 bits per heavy atom. The molecule has 0 spiro atoms. The Balaban J connectivity index is 2.35. The van der Waals surface area contributed by atoms with E-state index in [9.17, 15) is 5.11 Å². The van der Waals surface area contributed by atoms with Crippen molar-refractivity contribution in [2.75, 3.05) is 33.2 Å². The number of piperazine rings is 1. The van der Waals surface area contributed by atoms with Gasteiger partial charge < -0.3 is 10.0 Å². The second-order valence-corrected chi connectivity index (χ2v) is 4.06. The Morgan fingerprint density at radius 2 is 1.77 bits per heavy atom. The zero-order chi connectivity index (χ0) is 9.84. The molecule has 1 heterocycles. The summed E-state index contributed by atoms with van der Waals surface area (Å²) in [5, 5.41) is 9.69. The number of hydrogen-bond donors (Lipinski definition) is 1. The second-order valence-electron chi connectivity index (χ2n) is 4.06. The molecule has 0 aromatic heterocycles. The predicted octanol–water partition coefficient (Wildman–Crippen LogP) is 0.393. The topological polar surface area (TPSA) is 26.7 Å². The van der Waals surface area contributed by atoms with Crippen LogP contribution in [-0.2, 0) is 0 Å². The normalized spacial score (nSPS) is 25.8. The minimum atomic E-state index is -0.164. The van der Waals surface area contributed by atoms with Gasteiger partial charge in [-0.3, -0.25) is 4.90 Å². The van der Waals surface area contributed by atoms with E-state index < -0.39 is 0 Å². The summed E-state index contributed by atoms with van der Waals surface area (Å²) in [4.78, 5) is 4.72. The van der Waals surface area contributed by atoms with Gasteiger partial charge in [0.15, 0.2) is 0 Å². The monoisotopic (exact) mass is 186 g/mol. The van der Waals surface area contributed by atoms with Gasteiger partial charge in [-0.25, -0.2) is 0 Å². The number of aliphatic hydroxyl groups is 1. The highest BCUT2D eigenvalue weighted by atomic mass is 16.3. The van der Waals surface area contributed by atoms with Crippen LogP contribution in [0.4, 0.5) is 0 Å². The first kappa shape index (κ1) is 11.0. The van der Waals surface area contributed by atoms with Gasteiger partial charge in [-0.05, 0) is 20.4 Å². The largest absolute Gasteiger partial charge is 0.392 e. The fraction of sp³-hybridized carbons (Fsp3) is 1.00. The number of likely N-dealkylation sites (N-methyl/N-ethyl adjacent to an activating group) is 1. The first-order valence-corrected chi connectivity index (χ1v) is 5.25. The molecule has 0 amide bonds. The summed E-state index contributed by atoms with van der Waals surface area (Å²) < 4.78 is 0. The average molecular weight is 186 g/mol. The van der Waals surface area contributed by atoms with E-state index in [2.05, 4.69) is 23.8 Å². The molecule has 2 unspecified atom stereocenters. The molecule has 1 rings (SSSR count). The Labute approximate surface area is 81.3 Å². The SMILES string of the molecule is CCC(O)C(C)N1CCN(C)CC1. The molecular formula is C10H22N2O. The summed E-state index contributed by atoms with van der Waals surface area (Å²) in [5.74, 6) is 0. The van der Waals surface area contributed by atoms with Crippen LogP contribution < -0.4 is 0 Å². The lowest BCUT2D eigenvalue weighted by Crippen LogP contribution is -2.51. The molecule has 1 aliphatic heterocycles. The highest BCUT2D eigenvalue weighted by molar-refractivity contribution is 4.78. The van der Waals surface area contributed by atoms with Gasteiger partial charge in [-0.15, -0.1) is 0 Å². The van der Waals surface area contributed by atoms with Crippen molar-refractivity contribution in [2.45, 2.75) is 32.4 Å². The lowest BCUT2D eigenvalue weighted by molar-refractivity contribution is 0.0306. The fourth-order valence-electron chi connectivity index (χ4n) is 1.81. The Bertz CT molecular complexity index is 144. The molecule has 78 valence electrons. The second kappa shape index (κ2) is 4.94. The van der Waals surface area contributed by atoms with E-state index in [1.807, 2.05) is 6.92 Å². The van der Waals surface area contributed by atoms with Crippen molar-refractivity contribution in [2.24, 2.45) is 0 Å². The highest BCUT2D eigenvalue weighted by Gasteiger charge is 2.23. The van der Waals surface area contributed by atoms with Gasteiger partial charge >= 0.3 is 0 Å². The van der Waals surface area contributed by atoms with Crippen molar-refractivity contribution in [1.82, 2.24) is 9.80 Å². The number of nitrogens with zero attached hydrogens (tertiary/aromatic N) is 2. The van der Waals surface area contributed by atoms with Crippen molar-refractivity contribution >= 4 is 0 Å². The molecule has 1 aliphatic rings. The van der Waals surface area contributed by atoms with Crippen LogP contribution in [0.2, 0.25) is 0 Å². The molecule has 0 saturated carbocycles. The van der Waals surface area contributed by atoms with E-state index >= 15 is 0 Å². The third kappa shape index (κ3) is 2.93. The summed E-state index contributed by atoms with van der Waals surface area (Å²) >= 11 is 0. The molecular weight excluding hydrogens is 164 g/mol. The Hall–Kier alpha value is -0.120. The molecule has 0 aromatic rings. The van der Waals surface area contributed by atoms with Crippen molar-refractivity contribution in [3.05, 3.63) is 0 Å². The van der Waals surface area contributed by atoms with E-state index in [4.69, 9.17) is 0 Å². The molecule has 0 bridgehead atoms. The average Bonchev–Trinajstić information content (AvgIpc) is 2.17. The quantitative estimate of drug-likeness (QED) is 0.691. The fourth-order valence-corrected chi connectivity index (χ4v) is 1.81. The molecule has 0 aromatic carbocycles. The summed E-state index contributed by atoms with van der Waals surface area (Å²) in [5.41, 5.74) is 0. The number of hydrogen-bond acceptors (Lipinski definition) is 3. The van der Waals surface area contributed by atoms with Gasteiger partial charge in [0.25, 0.3) is 0 Å². The van der Waals surface area contributed by atoms with Crippen molar-refractivity contribution < 1.29 is 5.11 Å². The van der Waals surface area contributed by atoms with Crippen molar-refractivity contribution in [1.29, 1.82) is 0 Å². The molecule has 1 fully saturated rings. The van der Waals surface area contributed by atoms with Crippen molar-refractivity contribution in [3.63, 3.8) is 0 Å². The predicted molar refractivity (Wildman–Crippen MR) is 54.8 cm³/mol. The van der Waals surface area contributed by atoms with Crippen molar-refractivity contribution in [3.8, 4) is 0 Å². The van der Waals surface area contributed by atoms with Gasteiger partial charge in [0.1, 0.15) is 0 Å². The van der Waals surface area contributed by atoms with Gasteiger partial charge in [-0.2, -0.15) is 0 Å². The van der Waals surface area contributed by atoms with E-state index in [0.717, 1.165) is 32.6 Å². The van der Waals surface area contributed by atoms with Gasteiger partial charge in [0.05, 0.1) is 6.10 Å². The third-order valence-corrected chi connectivity index (χ3v) is 3.09. The molecule has 0 aliphatic carbocycles. The summed E-state index contributed by atoms with van der Waals surface area (Å²) in [6.45, 7) is 8.60.